The predicted molar refractivity (Wildman–Crippen MR) is 143 cm³/mol. The summed E-state index contributed by atoms with van der Waals surface area (Å²) in [4.78, 5) is 18.8. The van der Waals surface area contributed by atoms with E-state index in [9.17, 15) is 26.7 Å². The molecule has 1 atom stereocenters. The SMILES string of the molecule is C[C@H]1CCCN(Cc2cc3c(C(F)(F)F)cn(-c4cccc(C5(Cc6nncn6C)CC(F)(F)C5)c4)c(=O)c3[nH]2)C1. The number of nitrogens with zero attached hydrogens (tertiary/aromatic N) is 5. The Labute approximate surface area is 233 Å². The van der Waals surface area contributed by atoms with Gasteiger partial charge in [-0.1, -0.05) is 19.1 Å². The van der Waals surface area contributed by atoms with E-state index in [1.165, 1.54) is 24.5 Å². The summed E-state index contributed by atoms with van der Waals surface area (Å²) in [6, 6.07) is 7.74. The minimum Gasteiger partial charge on any atom is -0.353 e. The monoisotopic (exact) mass is 574 g/mol. The number of fused-ring (bicyclic) bond motifs is 1. The molecule has 4 aromatic rings. The lowest BCUT2D eigenvalue weighted by atomic mass is 9.60. The Morgan fingerprint density at radius 2 is 1.95 bits per heavy atom. The summed E-state index contributed by atoms with van der Waals surface area (Å²) < 4.78 is 74.0. The number of alkyl halides is 5. The smallest absolute Gasteiger partial charge is 0.353 e. The van der Waals surface area contributed by atoms with E-state index in [1.807, 2.05) is 0 Å². The molecule has 0 unspecified atom stereocenters. The Morgan fingerprint density at radius 1 is 1.17 bits per heavy atom. The van der Waals surface area contributed by atoms with Gasteiger partial charge >= 0.3 is 6.18 Å². The third-order valence-corrected chi connectivity index (χ3v) is 8.53. The molecule has 0 radical (unpaired) electrons. The largest absolute Gasteiger partial charge is 0.418 e. The van der Waals surface area contributed by atoms with Crippen molar-refractivity contribution in [3.8, 4) is 5.69 Å². The maximum absolute atomic E-state index is 14.3. The van der Waals surface area contributed by atoms with E-state index in [2.05, 4.69) is 27.0 Å². The Bertz CT molecular complexity index is 1640. The molecule has 0 bridgehead atoms. The summed E-state index contributed by atoms with van der Waals surface area (Å²) in [7, 11) is 1.72. The number of H-pyrrole nitrogens is 1. The van der Waals surface area contributed by atoms with Crippen LogP contribution >= 0.6 is 0 Å². The summed E-state index contributed by atoms with van der Waals surface area (Å²) in [6.07, 6.45) is -0.979. The normalized spacial score (nSPS) is 20.8. The van der Waals surface area contributed by atoms with Gasteiger partial charge in [-0.25, -0.2) is 8.78 Å². The number of aromatic amines is 1. The van der Waals surface area contributed by atoms with Gasteiger partial charge in [0, 0.05) is 67.8 Å². The van der Waals surface area contributed by atoms with Gasteiger partial charge in [0.05, 0.1) is 5.56 Å². The van der Waals surface area contributed by atoms with Gasteiger partial charge in [-0.2, -0.15) is 13.2 Å². The van der Waals surface area contributed by atoms with Crippen LogP contribution in [0.15, 0.2) is 47.7 Å². The molecule has 1 N–H and O–H groups in total. The summed E-state index contributed by atoms with van der Waals surface area (Å²) >= 11 is 0. The Morgan fingerprint density at radius 3 is 2.61 bits per heavy atom. The van der Waals surface area contributed by atoms with Crippen LogP contribution < -0.4 is 5.56 Å². The number of aromatic nitrogens is 5. The zero-order valence-electron chi connectivity index (χ0n) is 22.8. The highest BCUT2D eigenvalue weighted by molar-refractivity contribution is 5.84. The number of piperidine rings is 1. The van der Waals surface area contributed by atoms with Crippen molar-refractivity contribution in [3.05, 3.63) is 75.9 Å². The molecule has 1 aromatic carbocycles. The quantitative estimate of drug-likeness (QED) is 0.304. The first-order valence-electron chi connectivity index (χ1n) is 13.7. The number of pyridine rings is 1. The van der Waals surface area contributed by atoms with Gasteiger partial charge < -0.3 is 9.55 Å². The highest BCUT2D eigenvalue weighted by Crippen LogP contribution is 2.55. The highest BCUT2D eigenvalue weighted by Gasteiger charge is 2.57. The molecule has 218 valence electrons. The zero-order chi connectivity index (χ0) is 29.2. The minimum absolute atomic E-state index is 0.130. The number of nitrogens with one attached hydrogen (secondary N) is 1. The molecule has 4 heterocycles. The lowest BCUT2D eigenvalue weighted by molar-refractivity contribution is -0.136. The fourth-order valence-corrected chi connectivity index (χ4v) is 6.57. The number of likely N-dealkylation sites (tertiary alicyclic amines) is 1. The lowest BCUT2D eigenvalue weighted by Gasteiger charge is -2.47. The van der Waals surface area contributed by atoms with Crippen LogP contribution in [0, 0.1) is 5.92 Å². The van der Waals surface area contributed by atoms with Crippen LogP contribution in [0.5, 0.6) is 0 Å². The van der Waals surface area contributed by atoms with Crippen molar-refractivity contribution in [2.24, 2.45) is 13.0 Å². The van der Waals surface area contributed by atoms with Crippen molar-refractivity contribution >= 4 is 10.9 Å². The van der Waals surface area contributed by atoms with Gasteiger partial charge in [0.15, 0.2) is 0 Å². The first-order valence-corrected chi connectivity index (χ1v) is 13.7. The number of halogens is 5. The maximum Gasteiger partial charge on any atom is 0.418 e. The van der Waals surface area contributed by atoms with Gasteiger partial charge in [0.1, 0.15) is 17.7 Å². The second kappa shape index (κ2) is 9.78. The second-order valence-electron chi connectivity index (χ2n) is 11.9. The third kappa shape index (κ3) is 5.18. The number of aryl methyl sites for hydroxylation is 1. The molecule has 41 heavy (non-hydrogen) atoms. The van der Waals surface area contributed by atoms with E-state index in [0.29, 0.717) is 29.5 Å². The van der Waals surface area contributed by atoms with E-state index in [4.69, 9.17) is 0 Å². The van der Waals surface area contributed by atoms with Crippen LogP contribution in [0.2, 0.25) is 0 Å². The Kier molecular flexibility index (Phi) is 6.59. The minimum atomic E-state index is -4.72. The van der Waals surface area contributed by atoms with E-state index in [-0.39, 0.29) is 23.0 Å². The van der Waals surface area contributed by atoms with Crippen molar-refractivity contribution in [3.63, 3.8) is 0 Å². The molecule has 1 aliphatic carbocycles. The Hall–Kier alpha value is -3.54. The molecular weight excluding hydrogens is 543 g/mol. The number of hydrogen-bond acceptors (Lipinski definition) is 4. The zero-order valence-corrected chi connectivity index (χ0v) is 22.8. The van der Waals surface area contributed by atoms with Gasteiger partial charge in [-0.05, 0) is 49.1 Å². The van der Waals surface area contributed by atoms with Crippen molar-refractivity contribution < 1.29 is 22.0 Å². The summed E-state index contributed by atoms with van der Waals surface area (Å²) in [5.41, 5.74) is -1.46. The molecule has 3 aromatic heterocycles. The van der Waals surface area contributed by atoms with Crippen LogP contribution in [0.25, 0.3) is 16.6 Å². The summed E-state index contributed by atoms with van der Waals surface area (Å²) in [5.74, 6) is -1.86. The van der Waals surface area contributed by atoms with Gasteiger partial charge in [-0.3, -0.25) is 14.3 Å². The van der Waals surface area contributed by atoms with E-state index >= 15 is 0 Å². The number of benzene rings is 1. The van der Waals surface area contributed by atoms with Crippen molar-refractivity contribution in [2.75, 3.05) is 13.1 Å². The molecule has 0 spiro atoms. The molecule has 1 saturated carbocycles. The number of rotatable bonds is 6. The fourth-order valence-electron chi connectivity index (χ4n) is 6.57. The highest BCUT2D eigenvalue weighted by atomic mass is 19.4. The first-order chi connectivity index (χ1) is 19.3. The molecule has 12 heteroatoms. The van der Waals surface area contributed by atoms with Crippen LogP contribution in [0.3, 0.4) is 0 Å². The van der Waals surface area contributed by atoms with Crippen LogP contribution in [-0.2, 0) is 31.6 Å². The van der Waals surface area contributed by atoms with Gasteiger partial charge in [-0.15, -0.1) is 10.2 Å². The fraction of sp³-hybridized carbons (Fsp3) is 0.483. The molecular formula is C29H31F5N6O. The predicted octanol–water partition coefficient (Wildman–Crippen LogP) is 5.61. The van der Waals surface area contributed by atoms with Crippen LogP contribution in [-0.4, -0.2) is 48.2 Å². The van der Waals surface area contributed by atoms with Crippen LogP contribution in [0.1, 0.15) is 55.3 Å². The lowest BCUT2D eigenvalue weighted by Crippen LogP contribution is -2.51. The van der Waals surface area contributed by atoms with E-state index in [0.717, 1.165) is 36.7 Å². The standard InChI is InChI=1S/C29H31F5N6O/c1-18-5-4-8-39(12-18)13-20-10-22-23(29(32,33)34)14-40(26(41)25(22)36-20)21-7-3-6-19(9-21)27(15-28(30,31)16-27)11-24-37-35-17-38(24)2/h3,6-7,9-10,14,17-18,36H,4-5,8,11-13,15-16H2,1-2H3/t18-/m0/s1. The van der Waals surface area contributed by atoms with Gasteiger partial charge in [0.25, 0.3) is 5.56 Å². The van der Waals surface area contributed by atoms with Crippen LogP contribution in [0.4, 0.5) is 22.0 Å². The summed E-state index contributed by atoms with van der Waals surface area (Å²) in [5, 5.41) is 7.72. The van der Waals surface area contributed by atoms with E-state index < -0.39 is 41.5 Å². The van der Waals surface area contributed by atoms with E-state index in [1.54, 1.807) is 23.7 Å². The second-order valence-corrected chi connectivity index (χ2v) is 11.9. The molecule has 2 aliphatic rings. The first kappa shape index (κ1) is 27.6. The molecule has 1 saturated heterocycles. The average Bonchev–Trinajstić information content (AvgIpc) is 3.48. The molecule has 2 fully saturated rings. The van der Waals surface area contributed by atoms with Gasteiger partial charge in [0.2, 0.25) is 5.92 Å². The summed E-state index contributed by atoms with van der Waals surface area (Å²) in [6.45, 7) is 4.25. The molecule has 0 amide bonds. The van der Waals surface area contributed by atoms with Crippen molar-refractivity contribution in [2.45, 2.75) is 63.1 Å². The topological polar surface area (TPSA) is 71.7 Å². The maximum atomic E-state index is 14.3. The molecule has 6 rings (SSSR count). The molecule has 1 aliphatic heterocycles. The molecule has 7 nitrogen and oxygen atoms in total. The third-order valence-electron chi connectivity index (χ3n) is 8.53. The van der Waals surface area contributed by atoms with Crippen molar-refractivity contribution in [1.82, 2.24) is 29.2 Å². The Balaban J connectivity index is 1.42. The average molecular weight is 575 g/mol. The van der Waals surface area contributed by atoms with Crippen molar-refractivity contribution in [1.29, 1.82) is 0 Å². The number of hydrogen-bond donors (Lipinski definition) is 1.